The van der Waals surface area contributed by atoms with Gasteiger partial charge in [-0.15, -0.1) is 0 Å². The molecule has 98 valence electrons. The molecule has 0 bridgehead atoms. The molecular formula is C15H21NO2. The van der Waals surface area contributed by atoms with Crippen molar-refractivity contribution >= 4 is 5.97 Å². The second-order valence-corrected chi connectivity index (χ2v) is 5.29. The first-order valence-corrected chi connectivity index (χ1v) is 6.52. The van der Waals surface area contributed by atoms with Gasteiger partial charge in [-0.25, -0.2) is 0 Å². The molecule has 0 saturated carbocycles. The highest BCUT2D eigenvalue weighted by atomic mass is 16.5. The number of methoxy groups -OCH3 is 1. The van der Waals surface area contributed by atoms with E-state index in [0.29, 0.717) is 6.04 Å². The number of esters is 1. The molecule has 0 aliphatic heterocycles. The van der Waals surface area contributed by atoms with Crippen LogP contribution < -0.4 is 5.32 Å². The minimum atomic E-state index is -0.214. The topological polar surface area (TPSA) is 38.3 Å². The number of carbonyl (C=O) groups is 1. The van der Waals surface area contributed by atoms with E-state index in [9.17, 15) is 4.79 Å². The van der Waals surface area contributed by atoms with Crippen molar-refractivity contribution in [2.24, 2.45) is 5.92 Å². The highest BCUT2D eigenvalue weighted by Crippen LogP contribution is 2.22. The molecule has 0 radical (unpaired) electrons. The lowest BCUT2D eigenvalue weighted by atomic mass is 10.0. The maximum absolute atomic E-state index is 11.7. The smallest absolute Gasteiger partial charge is 0.323 e. The summed E-state index contributed by atoms with van der Waals surface area (Å²) in [6.45, 7) is 4.08. The monoisotopic (exact) mass is 247 g/mol. The highest BCUT2D eigenvalue weighted by molar-refractivity contribution is 5.76. The predicted octanol–water partition coefficient (Wildman–Crippen LogP) is 1.94. The fourth-order valence-electron chi connectivity index (χ4n) is 2.59. The second-order valence-electron chi connectivity index (χ2n) is 5.29. The fourth-order valence-corrected chi connectivity index (χ4v) is 2.59. The van der Waals surface area contributed by atoms with Crippen molar-refractivity contribution in [3.05, 3.63) is 35.4 Å². The van der Waals surface area contributed by atoms with Crippen LogP contribution >= 0.6 is 0 Å². The Kier molecular flexibility index (Phi) is 4.02. The maximum Gasteiger partial charge on any atom is 0.323 e. The minimum Gasteiger partial charge on any atom is -0.468 e. The Hall–Kier alpha value is -1.35. The first-order valence-electron chi connectivity index (χ1n) is 6.52. The minimum absolute atomic E-state index is 0.166. The van der Waals surface area contributed by atoms with E-state index in [-0.39, 0.29) is 17.9 Å². The lowest BCUT2D eigenvalue weighted by Gasteiger charge is -2.23. The molecule has 1 aromatic carbocycles. The van der Waals surface area contributed by atoms with Gasteiger partial charge < -0.3 is 10.1 Å². The van der Waals surface area contributed by atoms with Gasteiger partial charge in [-0.05, 0) is 29.9 Å². The molecule has 0 aromatic heterocycles. The summed E-state index contributed by atoms with van der Waals surface area (Å²) in [5, 5.41) is 3.44. The summed E-state index contributed by atoms with van der Waals surface area (Å²) < 4.78 is 4.86. The predicted molar refractivity (Wildman–Crippen MR) is 71.4 cm³/mol. The van der Waals surface area contributed by atoms with Gasteiger partial charge in [-0.1, -0.05) is 38.1 Å². The van der Waals surface area contributed by atoms with Crippen LogP contribution in [0.1, 0.15) is 25.0 Å². The van der Waals surface area contributed by atoms with E-state index in [1.807, 2.05) is 13.8 Å². The Morgan fingerprint density at radius 1 is 1.28 bits per heavy atom. The van der Waals surface area contributed by atoms with Gasteiger partial charge in [0.25, 0.3) is 0 Å². The largest absolute Gasteiger partial charge is 0.468 e. The van der Waals surface area contributed by atoms with Crippen LogP contribution in [-0.2, 0) is 22.4 Å². The lowest BCUT2D eigenvalue weighted by Crippen LogP contribution is -2.47. The standard InChI is InChI=1S/C15H21NO2/c1-10(2)14(15(17)18-3)16-13-8-11-6-4-5-7-12(11)9-13/h4-7,10,13-14,16H,8-9H2,1-3H3/t14-/m1/s1. The Morgan fingerprint density at radius 2 is 1.83 bits per heavy atom. The van der Waals surface area contributed by atoms with Gasteiger partial charge in [0, 0.05) is 6.04 Å². The Balaban J connectivity index is 2.01. The number of fused-ring (bicyclic) bond motifs is 1. The molecule has 0 amide bonds. The number of hydrogen-bond acceptors (Lipinski definition) is 3. The molecular weight excluding hydrogens is 226 g/mol. The van der Waals surface area contributed by atoms with Crippen molar-refractivity contribution in [1.29, 1.82) is 0 Å². The van der Waals surface area contributed by atoms with Crippen LogP contribution in [0, 0.1) is 5.92 Å². The Morgan fingerprint density at radius 3 is 2.28 bits per heavy atom. The zero-order chi connectivity index (χ0) is 13.1. The Labute approximate surface area is 109 Å². The summed E-state index contributed by atoms with van der Waals surface area (Å²) in [6, 6.07) is 8.60. The SMILES string of the molecule is COC(=O)[C@H](NC1Cc2ccccc2C1)C(C)C. The van der Waals surface area contributed by atoms with Crippen molar-refractivity contribution < 1.29 is 9.53 Å². The molecule has 0 saturated heterocycles. The van der Waals surface area contributed by atoms with Crippen molar-refractivity contribution in [3.63, 3.8) is 0 Å². The second kappa shape index (κ2) is 5.53. The van der Waals surface area contributed by atoms with Gasteiger partial charge in [0.1, 0.15) is 6.04 Å². The number of ether oxygens (including phenoxy) is 1. The summed E-state index contributed by atoms with van der Waals surface area (Å²) in [6.07, 6.45) is 1.99. The molecule has 1 aliphatic carbocycles. The summed E-state index contributed by atoms with van der Waals surface area (Å²) in [7, 11) is 1.45. The van der Waals surface area contributed by atoms with E-state index < -0.39 is 0 Å². The van der Waals surface area contributed by atoms with Gasteiger partial charge in [0.2, 0.25) is 0 Å². The third-order valence-corrected chi connectivity index (χ3v) is 3.59. The summed E-state index contributed by atoms with van der Waals surface area (Å²) in [5.74, 6) is 0.0714. The van der Waals surface area contributed by atoms with Gasteiger partial charge in [-0.3, -0.25) is 4.79 Å². The number of hydrogen-bond donors (Lipinski definition) is 1. The van der Waals surface area contributed by atoms with Crippen LogP contribution in [0.15, 0.2) is 24.3 Å². The van der Waals surface area contributed by atoms with Crippen LogP contribution in [-0.4, -0.2) is 25.2 Å². The number of rotatable bonds is 4. The van der Waals surface area contributed by atoms with Crippen molar-refractivity contribution in [1.82, 2.24) is 5.32 Å². The molecule has 1 atom stereocenters. The molecule has 2 rings (SSSR count). The Bertz CT molecular complexity index is 403. The first-order chi connectivity index (χ1) is 8.61. The normalized spacial score (nSPS) is 16.7. The summed E-state index contributed by atoms with van der Waals surface area (Å²) in [5.41, 5.74) is 2.78. The summed E-state index contributed by atoms with van der Waals surface area (Å²) in [4.78, 5) is 11.7. The van der Waals surface area contributed by atoms with Crippen LogP contribution in [0.4, 0.5) is 0 Å². The van der Waals surface area contributed by atoms with Gasteiger partial charge in [0.15, 0.2) is 0 Å². The van der Waals surface area contributed by atoms with Gasteiger partial charge >= 0.3 is 5.97 Å². The van der Waals surface area contributed by atoms with E-state index in [2.05, 4.69) is 29.6 Å². The van der Waals surface area contributed by atoms with Crippen molar-refractivity contribution in [2.75, 3.05) is 7.11 Å². The molecule has 0 fully saturated rings. The van der Waals surface area contributed by atoms with Crippen molar-refractivity contribution in [3.8, 4) is 0 Å². The lowest BCUT2D eigenvalue weighted by molar-refractivity contribution is -0.144. The average Bonchev–Trinajstić information content (AvgIpc) is 2.77. The van der Waals surface area contributed by atoms with Crippen LogP contribution in [0.2, 0.25) is 0 Å². The maximum atomic E-state index is 11.7. The van der Waals surface area contributed by atoms with Crippen LogP contribution in [0.25, 0.3) is 0 Å². The average molecular weight is 247 g/mol. The third kappa shape index (κ3) is 2.72. The van der Waals surface area contributed by atoms with E-state index in [4.69, 9.17) is 4.74 Å². The van der Waals surface area contributed by atoms with Crippen LogP contribution in [0.5, 0.6) is 0 Å². The highest BCUT2D eigenvalue weighted by Gasteiger charge is 2.29. The zero-order valence-corrected chi connectivity index (χ0v) is 11.3. The van der Waals surface area contributed by atoms with Gasteiger partial charge in [0.05, 0.1) is 7.11 Å². The molecule has 18 heavy (non-hydrogen) atoms. The molecule has 0 unspecified atom stereocenters. The van der Waals surface area contributed by atoms with E-state index >= 15 is 0 Å². The van der Waals surface area contributed by atoms with Crippen molar-refractivity contribution in [2.45, 2.75) is 38.8 Å². The number of carbonyl (C=O) groups excluding carboxylic acids is 1. The number of nitrogens with one attached hydrogen (secondary N) is 1. The van der Waals surface area contributed by atoms with E-state index in [0.717, 1.165) is 12.8 Å². The number of benzene rings is 1. The quantitative estimate of drug-likeness (QED) is 0.826. The van der Waals surface area contributed by atoms with E-state index in [1.54, 1.807) is 0 Å². The summed E-state index contributed by atoms with van der Waals surface area (Å²) >= 11 is 0. The van der Waals surface area contributed by atoms with Crippen LogP contribution in [0.3, 0.4) is 0 Å². The molecule has 1 aliphatic rings. The third-order valence-electron chi connectivity index (χ3n) is 3.59. The molecule has 1 aromatic rings. The fraction of sp³-hybridized carbons (Fsp3) is 0.533. The first kappa shape index (κ1) is 13.1. The molecule has 0 heterocycles. The zero-order valence-electron chi connectivity index (χ0n) is 11.3. The van der Waals surface area contributed by atoms with E-state index in [1.165, 1.54) is 18.2 Å². The molecule has 3 nitrogen and oxygen atoms in total. The molecule has 3 heteroatoms. The molecule has 0 spiro atoms. The molecule has 1 N–H and O–H groups in total. The van der Waals surface area contributed by atoms with Gasteiger partial charge in [-0.2, -0.15) is 0 Å².